The Bertz CT molecular complexity index is 380. The summed E-state index contributed by atoms with van der Waals surface area (Å²) in [6, 6.07) is 4.96. The van der Waals surface area contributed by atoms with E-state index in [1.54, 1.807) is 18.2 Å². The molecule has 0 saturated heterocycles. The number of alkyl halides is 3. The Balaban J connectivity index is 2.68. The first-order valence-electron chi connectivity index (χ1n) is 5.53. The third-order valence-corrected chi connectivity index (χ3v) is 2.32. The molecule has 0 aromatic heterocycles. The van der Waals surface area contributed by atoms with Crippen LogP contribution in [0.25, 0.3) is 0 Å². The van der Waals surface area contributed by atoms with E-state index in [-0.39, 0.29) is 0 Å². The van der Waals surface area contributed by atoms with E-state index in [4.69, 9.17) is 15.2 Å². The second-order valence-electron chi connectivity index (χ2n) is 3.73. The van der Waals surface area contributed by atoms with Crippen LogP contribution >= 0.6 is 0 Å². The lowest BCUT2D eigenvalue weighted by molar-refractivity contribution is -0.139. The van der Waals surface area contributed by atoms with E-state index >= 15 is 0 Å². The number of halogens is 3. The van der Waals surface area contributed by atoms with Gasteiger partial charge in [0.25, 0.3) is 0 Å². The van der Waals surface area contributed by atoms with Crippen molar-refractivity contribution in [3.05, 3.63) is 23.8 Å². The zero-order valence-electron chi connectivity index (χ0n) is 10.1. The fourth-order valence-electron chi connectivity index (χ4n) is 1.45. The van der Waals surface area contributed by atoms with Crippen LogP contribution in [0.2, 0.25) is 0 Å². The predicted molar refractivity (Wildman–Crippen MR) is 61.9 cm³/mol. The molecule has 0 amide bonds. The van der Waals surface area contributed by atoms with E-state index in [0.717, 1.165) is 5.56 Å². The molecule has 1 aromatic carbocycles. The molecule has 0 unspecified atom stereocenters. The van der Waals surface area contributed by atoms with Gasteiger partial charge in [0.1, 0.15) is 11.5 Å². The lowest BCUT2D eigenvalue weighted by atomic mass is 10.1. The molecule has 3 nitrogen and oxygen atoms in total. The maximum Gasteiger partial charge on any atom is 0.392 e. The molecular formula is C12H16F3NO2. The minimum Gasteiger partial charge on any atom is -0.497 e. The summed E-state index contributed by atoms with van der Waals surface area (Å²) in [6.07, 6.45) is -4.65. The van der Waals surface area contributed by atoms with Crippen molar-refractivity contribution in [1.82, 2.24) is 0 Å². The van der Waals surface area contributed by atoms with Crippen LogP contribution in [-0.4, -0.2) is 26.4 Å². The Morgan fingerprint density at radius 3 is 2.56 bits per heavy atom. The number of ether oxygens (including phenoxy) is 2. The van der Waals surface area contributed by atoms with Gasteiger partial charge in [-0.1, -0.05) is 0 Å². The van der Waals surface area contributed by atoms with E-state index < -0.39 is 19.2 Å². The molecule has 0 atom stereocenters. The highest BCUT2D eigenvalue weighted by Gasteiger charge is 2.26. The van der Waals surface area contributed by atoms with E-state index in [2.05, 4.69) is 0 Å². The van der Waals surface area contributed by atoms with Gasteiger partial charge < -0.3 is 15.2 Å². The molecule has 1 aromatic rings. The van der Waals surface area contributed by atoms with Crippen molar-refractivity contribution in [2.75, 3.05) is 20.3 Å². The number of rotatable bonds is 6. The third-order valence-electron chi connectivity index (χ3n) is 2.32. The highest BCUT2D eigenvalue weighted by Crippen LogP contribution is 2.26. The molecule has 2 N–H and O–H groups in total. The summed E-state index contributed by atoms with van der Waals surface area (Å²) in [5.41, 5.74) is 6.19. The van der Waals surface area contributed by atoms with E-state index in [9.17, 15) is 13.2 Å². The topological polar surface area (TPSA) is 44.5 Å². The average Bonchev–Trinajstić information content (AvgIpc) is 2.29. The molecule has 102 valence electrons. The van der Waals surface area contributed by atoms with Crippen LogP contribution in [0.15, 0.2) is 18.2 Å². The van der Waals surface area contributed by atoms with Gasteiger partial charge in [0.05, 0.1) is 20.1 Å². The van der Waals surface area contributed by atoms with Gasteiger partial charge in [-0.05, 0) is 36.7 Å². The minimum absolute atomic E-state index is 0.392. The first-order valence-corrected chi connectivity index (χ1v) is 5.53. The Morgan fingerprint density at radius 2 is 2.00 bits per heavy atom. The smallest absolute Gasteiger partial charge is 0.392 e. The maximum atomic E-state index is 12.0. The van der Waals surface area contributed by atoms with Gasteiger partial charge in [0.15, 0.2) is 0 Å². The van der Waals surface area contributed by atoms with Gasteiger partial charge in [-0.2, -0.15) is 13.2 Å². The van der Waals surface area contributed by atoms with Gasteiger partial charge in [-0.25, -0.2) is 0 Å². The molecule has 0 saturated carbocycles. The average molecular weight is 263 g/mol. The van der Waals surface area contributed by atoms with Crippen LogP contribution in [0.4, 0.5) is 13.2 Å². The van der Waals surface area contributed by atoms with Crippen LogP contribution in [0.1, 0.15) is 12.0 Å². The molecule has 18 heavy (non-hydrogen) atoms. The largest absolute Gasteiger partial charge is 0.497 e. The molecule has 0 aliphatic carbocycles. The number of hydrogen-bond donors (Lipinski definition) is 1. The van der Waals surface area contributed by atoms with Crippen molar-refractivity contribution < 1.29 is 22.6 Å². The zero-order valence-corrected chi connectivity index (χ0v) is 10.1. The van der Waals surface area contributed by atoms with Crippen LogP contribution < -0.4 is 15.2 Å². The molecule has 0 radical (unpaired) electrons. The summed E-state index contributed by atoms with van der Waals surface area (Å²) in [7, 11) is 1.52. The normalized spacial score (nSPS) is 11.4. The van der Waals surface area contributed by atoms with Crippen molar-refractivity contribution >= 4 is 0 Å². The Hall–Kier alpha value is -1.43. The second kappa shape index (κ2) is 6.49. The van der Waals surface area contributed by atoms with Gasteiger partial charge in [0.2, 0.25) is 0 Å². The van der Waals surface area contributed by atoms with Crippen LogP contribution in [-0.2, 0) is 6.42 Å². The van der Waals surface area contributed by atoms with Crippen molar-refractivity contribution in [1.29, 1.82) is 0 Å². The lowest BCUT2D eigenvalue weighted by Crippen LogP contribution is -2.14. The summed E-state index contributed by atoms with van der Waals surface area (Å²) in [6.45, 7) is -0.00377. The lowest BCUT2D eigenvalue weighted by Gasteiger charge is -2.13. The molecule has 0 aliphatic heterocycles. The summed E-state index contributed by atoms with van der Waals surface area (Å²) in [4.78, 5) is 0. The fourth-order valence-corrected chi connectivity index (χ4v) is 1.45. The number of benzene rings is 1. The number of methoxy groups -OCH3 is 1. The SMILES string of the molecule is COc1ccc(OCCC(F)(F)F)c(CCN)c1. The Labute approximate surface area is 104 Å². The van der Waals surface area contributed by atoms with E-state index in [0.29, 0.717) is 24.5 Å². The van der Waals surface area contributed by atoms with Crippen molar-refractivity contribution in [2.24, 2.45) is 5.73 Å². The standard InChI is InChI=1S/C12H16F3NO2/c1-17-10-2-3-11(9(8-10)4-6-16)18-7-5-12(13,14)15/h2-3,8H,4-7,16H2,1H3. The highest BCUT2D eigenvalue weighted by molar-refractivity contribution is 5.40. The molecule has 0 fully saturated rings. The number of nitrogens with two attached hydrogens (primary N) is 1. The second-order valence-corrected chi connectivity index (χ2v) is 3.73. The third kappa shape index (κ3) is 4.83. The van der Waals surface area contributed by atoms with Crippen molar-refractivity contribution in [3.63, 3.8) is 0 Å². The molecule has 0 heterocycles. The summed E-state index contributed by atoms with van der Waals surface area (Å²) in [5.74, 6) is 1.05. The minimum atomic E-state index is -4.21. The van der Waals surface area contributed by atoms with Crippen LogP contribution in [0.3, 0.4) is 0 Å². The summed E-state index contributed by atoms with van der Waals surface area (Å²) in [5, 5.41) is 0. The quantitative estimate of drug-likeness (QED) is 0.857. The molecule has 6 heteroatoms. The Kier molecular flexibility index (Phi) is 5.27. The fraction of sp³-hybridized carbons (Fsp3) is 0.500. The van der Waals surface area contributed by atoms with Gasteiger partial charge in [0, 0.05) is 0 Å². The molecule has 0 bridgehead atoms. The van der Waals surface area contributed by atoms with E-state index in [1.165, 1.54) is 7.11 Å². The molecule has 0 spiro atoms. The zero-order chi connectivity index (χ0) is 13.6. The summed E-state index contributed by atoms with van der Waals surface area (Å²) < 4.78 is 46.2. The highest BCUT2D eigenvalue weighted by atomic mass is 19.4. The predicted octanol–water partition coefficient (Wildman–Crippen LogP) is 2.53. The van der Waals surface area contributed by atoms with Crippen molar-refractivity contribution in [3.8, 4) is 11.5 Å². The molecular weight excluding hydrogens is 247 g/mol. The van der Waals surface area contributed by atoms with Crippen LogP contribution in [0, 0.1) is 0 Å². The molecule has 0 aliphatic rings. The Morgan fingerprint density at radius 1 is 1.28 bits per heavy atom. The number of hydrogen-bond acceptors (Lipinski definition) is 3. The first-order chi connectivity index (χ1) is 8.46. The maximum absolute atomic E-state index is 12.0. The van der Waals surface area contributed by atoms with Gasteiger partial charge in [-0.15, -0.1) is 0 Å². The van der Waals surface area contributed by atoms with Gasteiger partial charge >= 0.3 is 6.18 Å². The summed E-state index contributed by atoms with van der Waals surface area (Å²) >= 11 is 0. The van der Waals surface area contributed by atoms with Crippen LogP contribution in [0.5, 0.6) is 11.5 Å². The monoisotopic (exact) mass is 263 g/mol. The van der Waals surface area contributed by atoms with Gasteiger partial charge in [-0.3, -0.25) is 0 Å². The molecule has 1 rings (SSSR count). The van der Waals surface area contributed by atoms with Crippen molar-refractivity contribution in [2.45, 2.75) is 19.0 Å². The van der Waals surface area contributed by atoms with E-state index in [1.807, 2.05) is 0 Å². The first kappa shape index (κ1) is 14.6.